The molecule has 0 radical (unpaired) electrons. The summed E-state index contributed by atoms with van der Waals surface area (Å²) >= 11 is 0. The first-order valence-electron chi connectivity index (χ1n) is 6.68. The van der Waals surface area contributed by atoms with Crippen molar-refractivity contribution in [3.63, 3.8) is 0 Å². The molecule has 17 heavy (non-hydrogen) atoms. The summed E-state index contributed by atoms with van der Waals surface area (Å²) in [6.45, 7) is 9.77. The van der Waals surface area contributed by atoms with Gasteiger partial charge in [-0.3, -0.25) is 0 Å². The van der Waals surface area contributed by atoms with Crippen molar-refractivity contribution in [3.05, 3.63) is 0 Å². The van der Waals surface area contributed by atoms with Crippen LogP contribution in [0.3, 0.4) is 0 Å². The second-order valence-corrected chi connectivity index (χ2v) is 5.91. The molecule has 1 aliphatic rings. The van der Waals surface area contributed by atoms with Gasteiger partial charge in [0.2, 0.25) is 0 Å². The molecule has 0 saturated carbocycles. The summed E-state index contributed by atoms with van der Waals surface area (Å²) in [5.41, 5.74) is 5.93. The van der Waals surface area contributed by atoms with E-state index in [0.717, 1.165) is 32.2 Å². The molecule has 1 rings (SSSR count). The Morgan fingerprint density at radius 1 is 1.47 bits per heavy atom. The lowest BCUT2D eigenvalue weighted by Gasteiger charge is -2.41. The summed E-state index contributed by atoms with van der Waals surface area (Å²) in [5.74, 6) is 0. The number of hydrogen-bond donors (Lipinski definition) is 2. The van der Waals surface area contributed by atoms with E-state index < -0.39 is 0 Å². The Morgan fingerprint density at radius 3 is 2.65 bits per heavy atom. The third-order valence-corrected chi connectivity index (χ3v) is 3.93. The summed E-state index contributed by atoms with van der Waals surface area (Å²) in [6, 6.07) is 0.0276. The smallest absolute Gasteiger partial charge is 0.317 e. The molecule has 2 amide bonds. The summed E-state index contributed by atoms with van der Waals surface area (Å²) < 4.78 is 0. The first-order chi connectivity index (χ1) is 7.82. The molecule has 1 fully saturated rings. The van der Waals surface area contributed by atoms with Crippen LogP contribution in [-0.4, -0.2) is 35.1 Å². The summed E-state index contributed by atoms with van der Waals surface area (Å²) in [4.78, 5) is 14.0. The molecular formula is C13H27N3O. The highest BCUT2D eigenvalue weighted by Gasteiger charge is 2.33. The van der Waals surface area contributed by atoms with E-state index in [9.17, 15) is 4.79 Å². The number of carbonyl (C=O) groups is 1. The van der Waals surface area contributed by atoms with E-state index in [4.69, 9.17) is 5.73 Å². The van der Waals surface area contributed by atoms with E-state index in [0.29, 0.717) is 6.54 Å². The fourth-order valence-corrected chi connectivity index (χ4v) is 2.08. The molecule has 0 spiro atoms. The van der Waals surface area contributed by atoms with Gasteiger partial charge in [-0.15, -0.1) is 0 Å². The lowest BCUT2D eigenvalue weighted by atomic mass is 9.88. The Morgan fingerprint density at radius 2 is 2.12 bits per heavy atom. The third-order valence-electron chi connectivity index (χ3n) is 3.93. The van der Waals surface area contributed by atoms with Gasteiger partial charge in [-0.1, -0.05) is 13.8 Å². The Balaban J connectivity index is 2.58. The topological polar surface area (TPSA) is 58.4 Å². The number of amides is 2. The van der Waals surface area contributed by atoms with Crippen LogP contribution in [0.2, 0.25) is 0 Å². The molecule has 1 aliphatic heterocycles. The highest BCUT2D eigenvalue weighted by Crippen LogP contribution is 2.22. The van der Waals surface area contributed by atoms with E-state index in [1.807, 2.05) is 18.7 Å². The second-order valence-electron chi connectivity index (χ2n) is 5.91. The van der Waals surface area contributed by atoms with Gasteiger partial charge in [0.25, 0.3) is 0 Å². The molecule has 3 N–H and O–H groups in total. The van der Waals surface area contributed by atoms with Gasteiger partial charge < -0.3 is 16.0 Å². The Bertz CT molecular complexity index is 278. The zero-order chi connectivity index (χ0) is 13.1. The van der Waals surface area contributed by atoms with Crippen LogP contribution < -0.4 is 11.1 Å². The van der Waals surface area contributed by atoms with Gasteiger partial charge in [-0.05, 0) is 39.5 Å². The molecule has 0 aromatic heterocycles. The van der Waals surface area contributed by atoms with Gasteiger partial charge in [-0.25, -0.2) is 4.79 Å². The zero-order valence-electron chi connectivity index (χ0n) is 11.7. The second kappa shape index (κ2) is 5.25. The molecule has 1 heterocycles. The van der Waals surface area contributed by atoms with Crippen LogP contribution in [0, 0.1) is 0 Å². The van der Waals surface area contributed by atoms with E-state index in [2.05, 4.69) is 19.2 Å². The summed E-state index contributed by atoms with van der Waals surface area (Å²) in [6.07, 6.45) is 3.87. The van der Waals surface area contributed by atoms with Gasteiger partial charge in [-0.2, -0.15) is 0 Å². The van der Waals surface area contributed by atoms with Crippen LogP contribution in [0.15, 0.2) is 0 Å². The highest BCUT2D eigenvalue weighted by molar-refractivity contribution is 5.75. The largest absolute Gasteiger partial charge is 0.333 e. The van der Waals surface area contributed by atoms with Crippen molar-refractivity contribution in [1.29, 1.82) is 0 Å². The number of urea groups is 1. The number of hydrogen-bond acceptors (Lipinski definition) is 2. The standard InChI is InChI=1S/C13H27N3O/c1-5-12(3,4)15-11(17)16-9-7-8-13(14,6-2)10-16/h5-10,14H2,1-4H3,(H,15,17). The molecule has 4 heteroatoms. The fourth-order valence-electron chi connectivity index (χ4n) is 2.08. The molecule has 4 nitrogen and oxygen atoms in total. The van der Waals surface area contributed by atoms with Crippen molar-refractivity contribution in [2.24, 2.45) is 5.73 Å². The molecule has 1 saturated heterocycles. The van der Waals surface area contributed by atoms with E-state index in [-0.39, 0.29) is 17.1 Å². The fraction of sp³-hybridized carbons (Fsp3) is 0.923. The van der Waals surface area contributed by atoms with E-state index in [1.165, 1.54) is 0 Å². The molecule has 0 aromatic rings. The Labute approximate surface area is 105 Å². The number of piperidine rings is 1. The SMILES string of the molecule is CCC1(N)CCCN(C(=O)NC(C)(C)CC)C1. The van der Waals surface area contributed by atoms with Crippen molar-refractivity contribution in [3.8, 4) is 0 Å². The van der Waals surface area contributed by atoms with Crippen LogP contribution in [0.5, 0.6) is 0 Å². The Hall–Kier alpha value is -0.770. The van der Waals surface area contributed by atoms with Gasteiger partial charge in [0.1, 0.15) is 0 Å². The minimum atomic E-state index is -0.189. The van der Waals surface area contributed by atoms with Crippen LogP contribution >= 0.6 is 0 Å². The summed E-state index contributed by atoms with van der Waals surface area (Å²) in [7, 11) is 0. The van der Waals surface area contributed by atoms with Crippen molar-refractivity contribution in [2.45, 2.75) is 64.5 Å². The number of nitrogens with one attached hydrogen (secondary N) is 1. The quantitative estimate of drug-likeness (QED) is 0.795. The van der Waals surface area contributed by atoms with Gasteiger partial charge in [0.15, 0.2) is 0 Å². The normalized spacial score (nSPS) is 25.8. The molecule has 100 valence electrons. The minimum absolute atomic E-state index is 0.0276. The van der Waals surface area contributed by atoms with Gasteiger partial charge in [0.05, 0.1) is 0 Å². The number of nitrogens with two attached hydrogens (primary N) is 1. The zero-order valence-corrected chi connectivity index (χ0v) is 11.7. The first kappa shape index (κ1) is 14.3. The average molecular weight is 241 g/mol. The predicted octanol–water partition coefficient (Wildman–Crippen LogP) is 2.09. The van der Waals surface area contributed by atoms with Crippen molar-refractivity contribution < 1.29 is 4.79 Å². The molecule has 1 unspecified atom stereocenters. The van der Waals surface area contributed by atoms with E-state index >= 15 is 0 Å². The van der Waals surface area contributed by atoms with Crippen LogP contribution in [0.4, 0.5) is 4.79 Å². The Kier molecular flexibility index (Phi) is 4.42. The van der Waals surface area contributed by atoms with Crippen molar-refractivity contribution >= 4 is 6.03 Å². The first-order valence-corrected chi connectivity index (χ1v) is 6.68. The number of nitrogens with zero attached hydrogens (tertiary/aromatic N) is 1. The molecular weight excluding hydrogens is 214 g/mol. The number of likely N-dealkylation sites (tertiary alicyclic amines) is 1. The van der Waals surface area contributed by atoms with Gasteiger partial charge >= 0.3 is 6.03 Å². The minimum Gasteiger partial charge on any atom is -0.333 e. The highest BCUT2D eigenvalue weighted by atomic mass is 16.2. The maximum atomic E-state index is 12.1. The number of carbonyl (C=O) groups excluding carboxylic acids is 1. The molecule has 0 aromatic carbocycles. The predicted molar refractivity (Wildman–Crippen MR) is 70.9 cm³/mol. The third kappa shape index (κ3) is 3.87. The maximum absolute atomic E-state index is 12.1. The lowest BCUT2D eigenvalue weighted by Crippen LogP contribution is -2.59. The maximum Gasteiger partial charge on any atom is 0.317 e. The molecule has 0 bridgehead atoms. The lowest BCUT2D eigenvalue weighted by molar-refractivity contribution is 0.141. The van der Waals surface area contributed by atoms with Crippen molar-refractivity contribution in [2.75, 3.05) is 13.1 Å². The molecule has 1 atom stereocenters. The van der Waals surface area contributed by atoms with Crippen LogP contribution in [0.25, 0.3) is 0 Å². The number of rotatable bonds is 3. The molecule has 0 aliphatic carbocycles. The van der Waals surface area contributed by atoms with Crippen LogP contribution in [0.1, 0.15) is 53.4 Å². The summed E-state index contributed by atoms with van der Waals surface area (Å²) in [5, 5.41) is 3.07. The monoisotopic (exact) mass is 241 g/mol. The van der Waals surface area contributed by atoms with Crippen molar-refractivity contribution in [1.82, 2.24) is 10.2 Å². The van der Waals surface area contributed by atoms with E-state index in [1.54, 1.807) is 0 Å². The van der Waals surface area contributed by atoms with Crippen LogP contribution in [-0.2, 0) is 0 Å². The van der Waals surface area contributed by atoms with Gasteiger partial charge in [0, 0.05) is 24.2 Å². The average Bonchev–Trinajstić information content (AvgIpc) is 2.28.